The molecule has 1 amide bonds. The number of amides is 1. The molecule has 220 valence electrons. The lowest BCUT2D eigenvalue weighted by atomic mass is 10.0. The Kier molecular flexibility index (Phi) is 9.08. The summed E-state index contributed by atoms with van der Waals surface area (Å²) in [5, 5.41) is 4.68. The van der Waals surface area contributed by atoms with Gasteiger partial charge in [-0.1, -0.05) is 78.2 Å². The van der Waals surface area contributed by atoms with Gasteiger partial charge >= 0.3 is 0 Å². The molecule has 6 rings (SSSR count). The fourth-order valence-electron chi connectivity index (χ4n) is 6.17. The summed E-state index contributed by atoms with van der Waals surface area (Å²) in [5.41, 5.74) is 7.81. The van der Waals surface area contributed by atoms with Crippen LogP contribution in [-0.2, 0) is 33.0 Å². The minimum Gasteiger partial charge on any atom is -0.352 e. The highest BCUT2D eigenvalue weighted by molar-refractivity contribution is 6.39. The number of aromatic nitrogens is 3. The number of carbonyl (C=O) groups excluding carboxylic acids is 1. The largest absolute Gasteiger partial charge is 0.352 e. The van der Waals surface area contributed by atoms with Crippen molar-refractivity contribution in [2.24, 2.45) is 7.05 Å². The number of halogens is 2. The average molecular weight is 613 g/mol. The number of nitrogens with one attached hydrogen (secondary N) is 1. The van der Waals surface area contributed by atoms with E-state index in [9.17, 15) is 4.79 Å². The second kappa shape index (κ2) is 13.3. The number of rotatable bonds is 9. The summed E-state index contributed by atoms with van der Waals surface area (Å²) in [6.07, 6.45) is 10.1. The monoisotopic (exact) mass is 611 g/mol. The quantitative estimate of drug-likeness (QED) is 0.173. The summed E-state index contributed by atoms with van der Waals surface area (Å²) in [6.45, 7) is 2.13. The molecule has 0 spiro atoms. The molecule has 0 radical (unpaired) electrons. The topological polar surface area (TPSA) is 63.0 Å². The van der Waals surface area contributed by atoms with Crippen molar-refractivity contribution in [3.8, 4) is 0 Å². The smallest absolute Gasteiger partial charge is 0.254 e. The van der Waals surface area contributed by atoms with E-state index in [4.69, 9.17) is 28.2 Å². The molecule has 3 heterocycles. The zero-order valence-corrected chi connectivity index (χ0v) is 25.8. The van der Waals surface area contributed by atoms with Crippen molar-refractivity contribution < 1.29 is 4.79 Å². The lowest BCUT2D eigenvalue weighted by Crippen LogP contribution is -2.30. The van der Waals surface area contributed by atoms with Crippen LogP contribution in [-0.4, -0.2) is 31.9 Å². The van der Waals surface area contributed by atoms with E-state index in [1.807, 2.05) is 6.20 Å². The van der Waals surface area contributed by atoms with Gasteiger partial charge in [0.1, 0.15) is 0 Å². The Morgan fingerprint density at radius 3 is 2.53 bits per heavy atom. The third-order valence-corrected chi connectivity index (χ3v) is 9.03. The molecule has 0 fully saturated rings. The molecule has 2 aromatic carbocycles. The number of aryl methyl sites for hydroxylation is 2. The number of nitrogens with zero attached hydrogens (tertiary/aromatic N) is 4. The fourth-order valence-corrected chi connectivity index (χ4v) is 6.71. The Balaban J connectivity index is 1.19. The summed E-state index contributed by atoms with van der Waals surface area (Å²) in [5.74, 6) is -0.296. The Morgan fingerprint density at radius 2 is 1.74 bits per heavy atom. The van der Waals surface area contributed by atoms with Crippen molar-refractivity contribution in [2.45, 2.75) is 51.2 Å². The van der Waals surface area contributed by atoms with Crippen molar-refractivity contribution in [1.82, 2.24) is 24.8 Å². The minimum absolute atomic E-state index is 0.244. The van der Waals surface area contributed by atoms with Crippen LogP contribution in [0.4, 0.5) is 0 Å². The molecule has 6 nitrogen and oxygen atoms in total. The molecule has 43 heavy (non-hydrogen) atoms. The molecular weight excluding hydrogens is 577 g/mol. The molecule has 0 bridgehead atoms. The van der Waals surface area contributed by atoms with Crippen molar-refractivity contribution in [2.75, 3.05) is 6.54 Å². The van der Waals surface area contributed by atoms with Crippen molar-refractivity contribution in [3.63, 3.8) is 0 Å². The third kappa shape index (κ3) is 6.62. The zero-order chi connectivity index (χ0) is 29.8. The molecular formula is C35H35Cl2N5O. The number of benzene rings is 2. The molecule has 3 aromatic heterocycles. The van der Waals surface area contributed by atoms with E-state index in [1.54, 1.807) is 0 Å². The van der Waals surface area contributed by atoms with Crippen LogP contribution in [0.5, 0.6) is 0 Å². The highest BCUT2D eigenvalue weighted by Crippen LogP contribution is 2.34. The van der Waals surface area contributed by atoms with Gasteiger partial charge < -0.3 is 9.88 Å². The van der Waals surface area contributed by atoms with Gasteiger partial charge in [0.05, 0.1) is 27.3 Å². The van der Waals surface area contributed by atoms with Gasteiger partial charge in [-0.25, -0.2) is 0 Å². The van der Waals surface area contributed by atoms with Gasteiger partial charge in [-0.05, 0) is 66.0 Å². The van der Waals surface area contributed by atoms with Crippen LogP contribution in [0.15, 0.2) is 85.3 Å². The van der Waals surface area contributed by atoms with Gasteiger partial charge in [-0.15, -0.1) is 0 Å². The van der Waals surface area contributed by atoms with Crippen LogP contribution in [0, 0.1) is 0 Å². The standard InChI is InChI=1S/C35H35Cl2N5O/c1-41-28(19-27-8-3-4-10-31(27)41)23-42(32-11-5-2-7-26-9-6-17-39-34(26)32)22-25-14-12-24(13-15-25)16-18-40-35(43)33-29(36)20-38-21-30(33)37/h3-4,6,8-10,12-15,17,19-21,32H,2,5,7,11,16,18,22-23H2,1H3,(H,40,43). The van der Waals surface area contributed by atoms with Crippen LogP contribution < -0.4 is 5.32 Å². The number of fused-ring (bicyclic) bond motifs is 2. The molecule has 8 heteroatoms. The van der Waals surface area contributed by atoms with Crippen LogP contribution >= 0.6 is 23.2 Å². The molecule has 1 N–H and O–H groups in total. The van der Waals surface area contributed by atoms with Crippen molar-refractivity contribution in [3.05, 3.63) is 129 Å². The highest BCUT2D eigenvalue weighted by atomic mass is 35.5. The molecule has 0 saturated heterocycles. The first kappa shape index (κ1) is 29.4. The van der Waals surface area contributed by atoms with E-state index in [1.165, 1.54) is 58.7 Å². The van der Waals surface area contributed by atoms with Crippen molar-refractivity contribution >= 4 is 40.0 Å². The Hall–Kier alpha value is -3.71. The van der Waals surface area contributed by atoms with Crippen LogP contribution in [0.3, 0.4) is 0 Å². The summed E-state index contributed by atoms with van der Waals surface area (Å²) in [6, 6.07) is 24.2. The molecule has 1 aliphatic carbocycles. The molecule has 0 aliphatic heterocycles. The van der Waals surface area contributed by atoms with Gasteiger partial charge in [0.25, 0.3) is 5.91 Å². The van der Waals surface area contributed by atoms with E-state index in [0.717, 1.165) is 31.5 Å². The number of pyridine rings is 2. The third-order valence-electron chi connectivity index (χ3n) is 8.46. The maximum atomic E-state index is 12.6. The van der Waals surface area contributed by atoms with E-state index < -0.39 is 0 Å². The SMILES string of the molecule is Cn1c(CN(Cc2ccc(CCNC(=O)c3c(Cl)cncc3Cl)cc2)C2CCCCc3cccnc32)cc2ccccc21. The first-order chi connectivity index (χ1) is 21.0. The molecule has 1 unspecified atom stereocenters. The number of carbonyl (C=O) groups is 1. The molecule has 1 aliphatic rings. The van der Waals surface area contributed by atoms with Crippen LogP contribution in [0.25, 0.3) is 10.9 Å². The van der Waals surface area contributed by atoms with Gasteiger partial charge in [-0.2, -0.15) is 0 Å². The normalized spacial score (nSPS) is 14.9. The second-order valence-corrected chi connectivity index (χ2v) is 12.1. The van der Waals surface area contributed by atoms with Crippen LogP contribution in [0.2, 0.25) is 10.0 Å². The molecule has 0 saturated carbocycles. The Labute approximate surface area is 262 Å². The lowest BCUT2D eigenvalue weighted by Gasteiger charge is -2.32. The van der Waals surface area contributed by atoms with Gasteiger partial charge in [0.15, 0.2) is 0 Å². The van der Waals surface area contributed by atoms with E-state index in [2.05, 4.69) is 93.5 Å². The average Bonchev–Trinajstić information content (AvgIpc) is 3.17. The fraction of sp³-hybridized carbons (Fsp3) is 0.286. The van der Waals surface area contributed by atoms with Gasteiger partial charge in [0.2, 0.25) is 0 Å². The summed E-state index contributed by atoms with van der Waals surface area (Å²) in [4.78, 5) is 24.1. The van der Waals surface area contributed by atoms with E-state index in [-0.39, 0.29) is 27.6 Å². The second-order valence-electron chi connectivity index (χ2n) is 11.3. The number of para-hydroxylation sites is 1. The summed E-state index contributed by atoms with van der Waals surface area (Å²) < 4.78 is 2.32. The summed E-state index contributed by atoms with van der Waals surface area (Å²) in [7, 11) is 2.17. The maximum absolute atomic E-state index is 12.6. The zero-order valence-electron chi connectivity index (χ0n) is 24.3. The van der Waals surface area contributed by atoms with Crippen molar-refractivity contribution in [1.29, 1.82) is 0 Å². The minimum atomic E-state index is -0.296. The first-order valence-electron chi connectivity index (χ1n) is 14.8. The van der Waals surface area contributed by atoms with Crippen LogP contribution in [0.1, 0.15) is 63.7 Å². The lowest BCUT2D eigenvalue weighted by molar-refractivity contribution is 0.0954. The summed E-state index contributed by atoms with van der Waals surface area (Å²) >= 11 is 12.3. The van der Waals surface area contributed by atoms with Gasteiger partial charge in [-0.3, -0.25) is 19.7 Å². The molecule has 5 aromatic rings. The Morgan fingerprint density at radius 1 is 0.977 bits per heavy atom. The van der Waals surface area contributed by atoms with E-state index >= 15 is 0 Å². The predicted molar refractivity (Wildman–Crippen MR) is 173 cm³/mol. The predicted octanol–water partition coefficient (Wildman–Crippen LogP) is 7.72. The number of hydrogen-bond donors (Lipinski definition) is 1. The maximum Gasteiger partial charge on any atom is 0.254 e. The Bertz CT molecular complexity index is 1710. The highest BCUT2D eigenvalue weighted by Gasteiger charge is 2.27. The van der Waals surface area contributed by atoms with Gasteiger partial charge in [0, 0.05) is 56.5 Å². The molecule has 1 atom stereocenters. The number of hydrogen-bond acceptors (Lipinski definition) is 4. The first-order valence-corrected chi connectivity index (χ1v) is 15.6. The van der Waals surface area contributed by atoms with E-state index in [0.29, 0.717) is 13.0 Å².